The Balaban J connectivity index is 1.79. The lowest BCUT2D eigenvalue weighted by atomic mass is 10.1. The number of unbranched alkanes of at least 4 members (excludes halogenated alkanes) is 3. The highest BCUT2D eigenvalue weighted by Crippen LogP contribution is 2.33. The molecule has 1 aromatic carbocycles. The van der Waals surface area contributed by atoms with Crippen LogP contribution in [0.5, 0.6) is 11.5 Å². The number of rotatable bonds is 9. The Morgan fingerprint density at radius 2 is 1.74 bits per heavy atom. The number of ether oxygens (including phenoxy) is 2. The van der Waals surface area contributed by atoms with Crippen molar-refractivity contribution in [2.45, 2.75) is 39.0 Å². The van der Waals surface area contributed by atoms with Crippen LogP contribution in [0.3, 0.4) is 0 Å². The van der Waals surface area contributed by atoms with Gasteiger partial charge >= 0.3 is 0 Å². The van der Waals surface area contributed by atoms with Gasteiger partial charge in [-0.15, -0.1) is 11.3 Å². The SMILES string of the molecule is CCCCCCc1csc(-c2cncc(-c3ccc(OC)c(OC)c3)n2)c1. The van der Waals surface area contributed by atoms with Crippen molar-refractivity contribution < 1.29 is 9.47 Å². The van der Waals surface area contributed by atoms with E-state index in [9.17, 15) is 0 Å². The van der Waals surface area contributed by atoms with Crippen molar-refractivity contribution in [1.29, 1.82) is 0 Å². The molecule has 0 saturated carbocycles. The lowest BCUT2D eigenvalue weighted by Gasteiger charge is -2.09. The average molecular weight is 383 g/mol. The van der Waals surface area contributed by atoms with E-state index in [2.05, 4.69) is 23.4 Å². The van der Waals surface area contributed by atoms with Gasteiger partial charge in [0.2, 0.25) is 0 Å². The Kier molecular flexibility index (Phi) is 6.82. The van der Waals surface area contributed by atoms with E-state index in [-0.39, 0.29) is 0 Å². The first-order chi connectivity index (χ1) is 13.2. The van der Waals surface area contributed by atoms with E-state index in [1.54, 1.807) is 31.8 Å². The molecule has 0 saturated heterocycles. The highest BCUT2D eigenvalue weighted by molar-refractivity contribution is 7.13. The van der Waals surface area contributed by atoms with Crippen molar-refractivity contribution in [2.75, 3.05) is 14.2 Å². The Morgan fingerprint density at radius 1 is 0.926 bits per heavy atom. The predicted octanol–water partition coefficient (Wildman–Crippen LogP) is 6.01. The second kappa shape index (κ2) is 9.51. The third-order valence-electron chi connectivity index (χ3n) is 4.54. The molecule has 0 unspecified atom stereocenters. The fourth-order valence-corrected chi connectivity index (χ4v) is 3.92. The highest BCUT2D eigenvalue weighted by atomic mass is 32.1. The van der Waals surface area contributed by atoms with Gasteiger partial charge in [-0.3, -0.25) is 4.98 Å². The molecule has 0 bridgehead atoms. The van der Waals surface area contributed by atoms with E-state index < -0.39 is 0 Å². The molecule has 0 spiro atoms. The number of methoxy groups -OCH3 is 2. The van der Waals surface area contributed by atoms with Gasteiger partial charge in [-0.25, -0.2) is 4.98 Å². The van der Waals surface area contributed by atoms with Crippen LogP contribution in [-0.4, -0.2) is 24.2 Å². The summed E-state index contributed by atoms with van der Waals surface area (Å²) in [6.07, 6.45) is 9.89. The zero-order valence-electron chi connectivity index (χ0n) is 16.2. The molecule has 0 aliphatic rings. The van der Waals surface area contributed by atoms with Crippen LogP contribution in [0.25, 0.3) is 21.8 Å². The molecule has 2 aromatic heterocycles. The van der Waals surface area contributed by atoms with Gasteiger partial charge in [0.1, 0.15) is 0 Å². The summed E-state index contributed by atoms with van der Waals surface area (Å²) in [5, 5.41) is 2.24. The van der Waals surface area contributed by atoms with Gasteiger partial charge in [0.05, 0.1) is 42.9 Å². The maximum Gasteiger partial charge on any atom is 0.161 e. The summed E-state index contributed by atoms with van der Waals surface area (Å²) < 4.78 is 10.7. The molecule has 142 valence electrons. The third-order valence-corrected chi connectivity index (χ3v) is 5.54. The predicted molar refractivity (Wildman–Crippen MR) is 112 cm³/mol. The van der Waals surface area contributed by atoms with Crippen LogP contribution in [0.1, 0.15) is 38.2 Å². The van der Waals surface area contributed by atoms with E-state index in [0.29, 0.717) is 11.5 Å². The topological polar surface area (TPSA) is 44.2 Å². The van der Waals surface area contributed by atoms with Gasteiger partial charge in [-0.2, -0.15) is 0 Å². The molecule has 0 atom stereocenters. The molecular weight excluding hydrogens is 356 g/mol. The maximum absolute atomic E-state index is 5.40. The number of aryl methyl sites for hydroxylation is 1. The monoisotopic (exact) mass is 382 g/mol. The second-order valence-corrected chi connectivity index (χ2v) is 7.40. The van der Waals surface area contributed by atoms with Crippen LogP contribution >= 0.6 is 11.3 Å². The normalized spacial score (nSPS) is 10.8. The van der Waals surface area contributed by atoms with Crippen LogP contribution in [0.15, 0.2) is 42.0 Å². The van der Waals surface area contributed by atoms with E-state index in [0.717, 1.165) is 28.2 Å². The van der Waals surface area contributed by atoms with Crippen LogP contribution < -0.4 is 9.47 Å². The first kappa shape index (κ1) is 19.4. The molecule has 2 heterocycles. The van der Waals surface area contributed by atoms with Gasteiger partial charge in [0.15, 0.2) is 11.5 Å². The number of thiophene rings is 1. The number of aromatic nitrogens is 2. The molecule has 3 rings (SSSR count). The van der Waals surface area contributed by atoms with Gasteiger partial charge in [0, 0.05) is 5.56 Å². The number of benzene rings is 1. The third kappa shape index (κ3) is 4.86. The highest BCUT2D eigenvalue weighted by Gasteiger charge is 2.10. The molecule has 4 nitrogen and oxygen atoms in total. The minimum atomic E-state index is 0.688. The number of hydrogen-bond acceptors (Lipinski definition) is 5. The Hall–Kier alpha value is -2.40. The molecule has 0 radical (unpaired) electrons. The maximum atomic E-state index is 5.40. The lowest BCUT2D eigenvalue weighted by molar-refractivity contribution is 0.355. The summed E-state index contributed by atoms with van der Waals surface area (Å²) in [6.45, 7) is 2.24. The van der Waals surface area contributed by atoms with Crippen molar-refractivity contribution in [3.8, 4) is 33.3 Å². The quantitative estimate of drug-likeness (QED) is 0.425. The molecule has 3 aromatic rings. The summed E-state index contributed by atoms with van der Waals surface area (Å²) in [5.41, 5.74) is 4.08. The minimum absolute atomic E-state index is 0.688. The Morgan fingerprint density at radius 3 is 2.52 bits per heavy atom. The van der Waals surface area contributed by atoms with Crippen LogP contribution in [0.4, 0.5) is 0 Å². The zero-order chi connectivity index (χ0) is 19.1. The molecule has 0 fully saturated rings. The summed E-state index contributed by atoms with van der Waals surface area (Å²) in [7, 11) is 3.27. The van der Waals surface area contributed by atoms with Crippen LogP contribution in [0, 0.1) is 0 Å². The minimum Gasteiger partial charge on any atom is -0.493 e. The van der Waals surface area contributed by atoms with Gasteiger partial charge in [-0.05, 0) is 48.1 Å². The van der Waals surface area contributed by atoms with Crippen LogP contribution in [-0.2, 0) is 6.42 Å². The van der Waals surface area contributed by atoms with Crippen LogP contribution in [0.2, 0.25) is 0 Å². The fraction of sp³-hybridized carbons (Fsp3) is 0.364. The van der Waals surface area contributed by atoms with E-state index in [1.807, 2.05) is 24.4 Å². The lowest BCUT2D eigenvalue weighted by Crippen LogP contribution is -1.93. The smallest absolute Gasteiger partial charge is 0.161 e. The first-order valence-corrected chi connectivity index (χ1v) is 10.2. The Labute approximate surface area is 165 Å². The van der Waals surface area contributed by atoms with Crippen molar-refractivity contribution in [2.24, 2.45) is 0 Å². The standard InChI is InChI=1S/C22H26N2O2S/c1-4-5-6-7-8-16-11-22(27-15-16)19-14-23-13-18(24-19)17-9-10-20(25-2)21(12-17)26-3/h9-15H,4-8H2,1-3H3. The molecule has 27 heavy (non-hydrogen) atoms. The first-order valence-electron chi connectivity index (χ1n) is 9.37. The van der Waals surface area contributed by atoms with Gasteiger partial charge < -0.3 is 9.47 Å². The number of hydrogen-bond donors (Lipinski definition) is 0. The second-order valence-electron chi connectivity index (χ2n) is 6.49. The van der Waals surface area contributed by atoms with Gasteiger partial charge in [-0.1, -0.05) is 26.2 Å². The van der Waals surface area contributed by atoms with Crippen molar-refractivity contribution in [3.05, 3.63) is 47.6 Å². The molecule has 0 N–H and O–H groups in total. The molecule has 0 aliphatic heterocycles. The van der Waals surface area contributed by atoms with E-state index in [4.69, 9.17) is 14.5 Å². The van der Waals surface area contributed by atoms with Gasteiger partial charge in [0.25, 0.3) is 0 Å². The average Bonchev–Trinajstić information content (AvgIpc) is 3.20. The number of nitrogens with zero attached hydrogens (tertiary/aromatic N) is 2. The van der Waals surface area contributed by atoms with E-state index in [1.165, 1.54) is 31.2 Å². The van der Waals surface area contributed by atoms with Crippen molar-refractivity contribution in [1.82, 2.24) is 9.97 Å². The fourth-order valence-electron chi connectivity index (χ4n) is 3.02. The summed E-state index contributed by atoms with van der Waals surface area (Å²) in [5.74, 6) is 1.39. The molecule has 0 amide bonds. The molecule has 0 aliphatic carbocycles. The zero-order valence-corrected chi connectivity index (χ0v) is 17.0. The van der Waals surface area contributed by atoms with Crippen molar-refractivity contribution >= 4 is 11.3 Å². The Bertz CT molecular complexity index is 876. The van der Waals surface area contributed by atoms with E-state index >= 15 is 0 Å². The largest absolute Gasteiger partial charge is 0.493 e. The summed E-state index contributed by atoms with van der Waals surface area (Å²) in [4.78, 5) is 10.4. The molecule has 5 heteroatoms. The summed E-state index contributed by atoms with van der Waals surface area (Å²) in [6, 6.07) is 8.05. The molecular formula is C22H26N2O2S. The summed E-state index contributed by atoms with van der Waals surface area (Å²) >= 11 is 1.74. The van der Waals surface area contributed by atoms with Crippen molar-refractivity contribution in [3.63, 3.8) is 0 Å².